The Morgan fingerprint density at radius 3 is 2.29 bits per heavy atom. The first-order valence-corrected chi connectivity index (χ1v) is 10.9. The van der Waals surface area contributed by atoms with E-state index in [1.165, 1.54) is 32.8 Å². The number of anilines is 1. The van der Waals surface area contributed by atoms with Gasteiger partial charge in [0.05, 0.1) is 48.2 Å². The van der Waals surface area contributed by atoms with Crippen molar-refractivity contribution in [1.82, 2.24) is 13.7 Å². The van der Waals surface area contributed by atoms with E-state index in [1.54, 1.807) is 25.4 Å². The van der Waals surface area contributed by atoms with E-state index in [0.29, 0.717) is 28.1 Å². The maximum absolute atomic E-state index is 13.0. The van der Waals surface area contributed by atoms with Crippen LogP contribution in [0.25, 0.3) is 16.6 Å². The van der Waals surface area contributed by atoms with Gasteiger partial charge in [0.1, 0.15) is 0 Å². The second-order valence-electron chi connectivity index (χ2n) is 8.30. The van der Waals surface area contributed by atoms with Gasteiger partial charge in [-0.25, -0.2) is 4.79 Å². The van der Waals surface area contributed by atoms with E-state index < -0.39 is 17.7 Å². The van der Waals surface area contributed by atoms with Gasteiger partial charge in [0.2, 0.25) is 5.75 Å². The highest BCUT2D eigenvalue weighted by molar-refractivity contribution is 5.86. The lowest BCUT2D eigenvalue weighted by Gasteiger charge is -2.30. The molecule has 10 heteroatoms. The second kappa shape index (κ2) is 8.08. The van der Waals surface area contributed by atoms with Gasteiger partial charge in [0.25, 0.3) is 5.56 Å². The summed E-state index contributed by atoms with van der Waals surface area (Å²) >= 11 is 0. The zero-order valence-corrected chi connectivity index (χ0v) is 19.9. The van der Waals surface area contributed by atoms with Crippen LogP contribution < -0.4 is 30.8 Å². The number of carbonyl (C=O) groups is 1. The average molecular weight is 476 g/mol. The zero-order valence-electron chi connectivity index (χ0n) is 19.9. The third-order valence-electron chi connectivity index (χ3n) is 6.26. The lowest BCUT2D eigenvalue weighted by molar-refractivity contribution is -0.132. The van der Waals surface area contributed by atoms with Gasteiger partial charge in [-0.1, -0.05) is 12.1 Å². The molecule has 0 spiro atoms. The van der Waals surface area contributed by atoms with Crippen molar-refractivity contribution in [3.05, 3.63) is 74.7 Å². The first kappa shape index (κ1) is 22.3. The van der Waals surface area contributed by atoms with Gasteiger partial charge in [-0.3, -0.25) is 18.7 Å². The van der Waals surface area contributed by atoms with E-state index in [0.717, 1.165) is 21.5 Å². The Kier molecular flexibility index (Phi) is 5.16. The molecule has 0 radical (unpaired) electrons. The average Bonchev–Trinajstić information content (AvgIpc) is 3.26. The highest BCUT2D eigenvalue weighted by Crippen LogP contribution is 2.45. The summed E-state index contributed by atoms with van der Waals surface area (Å²) < 4.78 is 20.9. The molecule has 1 atom stereocenters. The molecule has 4 aromatic rings. The van der Waals surface area contributed by atoms with Gasteiger partial charge in [0.15, 0.2) is 11.5 Å². The smallest absolute Gasteiger partial charge is 0.331 e. The molecule has 0 saturated carbocycles. The highest BCUT2D eigenvalue weighted by atomic mass is 16.6. The van der Waals surface area contributed by atoms with Crippen LogP contribution in [-0.4, -0.2) is 33.9 Å². The van der Waals surface area contributed by atoms with Crippen LogP contribution in [0.15, 0.2) is 52.2 Å². The third kappa shape index (κ3) is 3.29. The predicted molar refractivity (Wildman–Crippen MR) is 130 cm³/mol. The summed E-state index contributed by atoms with van der Waals surface area (Å²) in [6, 6.07) is 10.7. The molecule has 10 nitrogen and oxygen atoms in total. The van der Waals surface area contributed by atoms with Crippen LogP contribution in [0.1, 0.15) is 24.2 Å². The van der Waals surface area contributed by atoms with Crippen LogP contribution in [0.5, 0.6) is 17.2 Å². The van der Waals surface area contributed by atoms with E-state index in [9.17, 15) is 14.4 Å². The van der Waals surface area contributed by atoms with Crippen molar-refractivity contribution in [1.29, 1.82) is 0 Å². The Hall–Kier alpha value is -4.47. The van der Waals surface area contributed by atoms with Crippen LogP contribution in [0, 0.1) is 0 Å². The number of nitrogens with zero attached hydrogens (tertiary/aromatic N) is 3. The lowest BCUT2D eigenvalue weighted by Crippen LogP contribution is -2.37. The molecule has 2 aromatic heterocycles. The number of esters is 1. The summed E-state index contributed by atoms with van der Waals surface area (Å²) in [4.78, 5) is 37.5. The molecule has 1 aliphatic heterocycles. The summed E-state index contributed by atoms with van der Waals surface area (Å²) in [7, 11) is 6.06. The van der Waals surface area contributed by atoms with Gasteiger partial charge >= 0.3 is 11.7 Å². The Balaban J connectivity index is 1.85. The lowest BCUT2D eigenvalue weighted by atomic mass is 9.98. The number of carbonyl (C=O) groups excluding carboxylic acids is 1. The summed E-state index contributed by atoms with van der Waals surface area (Å²) in [5, 5.41) is 3.95. The molecule has 180 valence electrons. The van der Waals surface area contributed by atoms with E-state index in [2.05, 4.69) is 5.32 Å². The number of methoxy groups -OCH3 is 2. The molecule has 35 heavy (non-hydrogen) atoms. The molecule has 0 fully saturated rings. The third-order valence-corrected chi connectivity index (χ3v) is 6.26. The number of hydrogen-bond acceptors (Lipinski definition) is 7. The standard InChI is InChI=1S/C25H24N4O6/c1-13(30)35-23-18(33-4)10-14(11-19(23)34-5)20-22-21-15(24(31)28(3)25(32)27(21)2)12-29(22)17-9-7-6-8-16(17)26-20/h6-12,20,26H,1-5H3/t20-/m0/s1. The van der Waals surface area contributed by atoms with E-state index in [-0.39, 0.29) is 11.3 Å². The van der Waals surface area contributed by atoms with Crippen molar-refractivity contribution in [2.24, 2.45) is 14.1 Å². The van der Waals surface area contributed by atoms with Gasteiger partial charge in [-0.05, 0) is 29.8 Å². The summed E-state index contributed by atoms with van der Waals surface area (Å²) in [5.41, 5.74) is 2.84. The minimum Gasteiger partial charge on any atom is -0.493 e. The number of hydrogen-bond donors (Lipinski definition) is 1. The fourth-order valence-corrected chi connectivity index (χ4v) is 4.67. The number of aryl methyl sites for hydroxylation is 1. The van der Waals surface area contributed by atoms with Crippen molar-refractivity contribution in [3.63, 3.8) is 0 Å². The van der Waals surface area contributed by atoms with E-state index in [1.807, 2.05) is 28.8 Å². The molecule has 0 saturated heterocycles. The Morgan fingerprint density at radius 2 is 1.66 bits per heavy atom. The molecule has 1 N–H and O–H groups in total. The van der Waals surface area contributed by atoms with Gasteiger partial charge in [0, 0.05) is 27.2 Å². The number of ether oxygens (including phenoxy) is 3. The summed E-state index contributed by atoms with van der Waals surface area (Å²) in [5.74, 6) is 0.276. The molecule has 0 aliphatic carbocycles. The quantitative estimate of drug-likeness (QED) is 0.356. The fraction of sp³-hybridized carbons (Fsp3) is 0.240. The van der Waals surface area contributed by atoms with Crippen LogP contribution in [-0.2, 0) is 18.9 Å². The predicted octanol–water partition coefficient (Wildman–Crippen LogP) is 2.49. The van der Waals surface area contributed by atoms with E-state index >= 15 is 0 Å². The first-order chi connectivity index (χ1) is 16.8. The highest BCUT2D eigenvalue weighted by Gasteiger charge is 2.32. The van der Waals surface area contributed by atoms with Crippen LogP contribution >= 0.6 is 0 Å². The van der Waals surface area contributed by atoms with Crippen molar-refractivity contribution in [2.75, 3.05) is 19.5 Å². The van der Waals surface area contributed by atoms with Crippen LogP contribution in [0.4, 0.5) is 5.69 Å². The molecule has 2 aromatic carbocycles. The SMILES string of the molecule is COc1cc([C@@H]2Nc3ccccc3-n3cc4c(=O)n(C)c(=O)n(C)c4c32)cc(OC)c1OC(C)=O. The normalized spacial score (nSPS) is 14.1. The Morgan fingerprint density at radius 1 is 1.00 bits per heavy atom. The number of para-hydroxylation sites is 2. The molecule has 3 heterocycles. The van der Waals surface area contributed by atoms with Crippen molar-refractivity contribution in [2.45, 2.75) is 13.0 Å². The molecule has 1 aliphatic rings. The number of benzene rings is 2. The minimum atomic E-state index is -0.509. The van der Waals surface area contributed by atoms with Crippen molar-refractivity contribution < 1.29 is 19.0 Å². The Labute approximate surface area is 199 Å². The molecule has 0 amide bonds. The molecular formula is C25H24N4O6. The maximum atomic E-state index is 13.0. The van der Waals surface area contributed by atoms with Crippen molar-refractivity contribution in [3.8, 4) is 22.9 Å². The van der Waals surface area contributed by atoms with Crippen molar-refractivity contribution >= 4 is 22.6 Å². The number of aromatic nitrogens is 3. The number of rotatable bonds is 4. The topological polar surface area (TPSA) is 106 Å². The van der Waals surface area contributed by atoms with Crippen LogP contribution in [0.3, 0.4) is 0 Å². The zero-order chi connectivity index (χ0) is 25.0. The summed E-state index contributed by atoms with van der Waals surface area (Å²) in [6.07, 6.45) is 1.76. The minimum absolute atomic E-state index is 0.170. The van der Waals surface area contributed by atoms with E-state index in [4.69, 9.17) is 14.2 Å². The first-order valence-electron chi connectivity index (χ1n) is 10.9. The fourth-order valence-electron chi connectivity index (χ4n) is 4.67. The largest absolute Gasteiger partial charge is 0.493 e. The molecule has 5 rings (SSSR count). The maximum Gasteiger partial charge on any atom is 0.331 e. The molecular weight excluding hydrogens is 452 g/mol. The van der Waals surface area contributed by atoms with Crippen LogP contribution in [0.2, 0.25) is 0 Å². The molecule has 0 unspecified atom stereocenters. The number of nitrogens with one attached hydrogen (secondary N) is 1. The molecule has 0 bridgehead atoms. The van der Waals surface area contributed by atoms with Gasteiger partial charge in [-0.15, -0.1) is 0 Å². The monoisotopic (exact) mass is 476 g/mol. The Bertz CT molecular complexity index is 1600. The second-order valence-corrected chi connectivity index (χ2v) is 8.30. The number of fused-ring (bicyclic) bond motifs is 5. The van der Waals surface area contributed by atoms with Gasteiger partial charge < -0.3 is 24.1 Å². The van der Waals surface area contributed by atoms with Gasteiger partial charge in [-0.2, -0.15) is 0 Å². The summed E-state index contributed by atoms with van der Waals surface area (Å²) in [6.45, 7) is 1.30.